The standard InChI is InChI=1S/C23H23NO5S/c1-28-22(26)15-21-24(20(25)16-30-21)12-5-13-29-23(27)14-17-8-10-19(11-9-17)18-6-3-2-4-7-18/h2-4,6-11,15H,5,12-14,16H2,1H3/b21-15+. The van der Waals surface area contributed by atoms with Gasteiger partial charge in [0, 0.05) is 6.54 Å². The third-order valence-corrected chi connectivity index (χ3v) is 5.58. The number of methoxy groups -OCH3 is 1. The molecule has 0 aliphatic carbocycles. The van der Waals surface area contributed by atoms with E-state index in [1.165, 1.54) is 29.8 Å². The van der Waals surface area contributed by atoms with Crippen molar-refractivity contribution in [2.24, 2.45) is 0 Å². The molecule has 0 aromatic heterocycles. The van der Waals surface area contributed by atoms with Gasteiger partial charge in [0.1, 0.15) is 0 Å². The van der Waals surface area contributed by atoms with Crippen molar-refractivity contribution in [3.8, 4) is 11.1 Å². The molecule has 0 radical (unpaired) electrons. The van der Waals surface area contributed by atoms with Crippen LogP contribution in [-0.4, -0.2) is 48.8 Å². The van der Waals surface area contributed by atoms with Gasteiger partial charge in [0.25, 0.3) is 0 Å². The maximum absolute atomic E-state index is 12.1. The minimum atomic E-state index is -0.498. The van der Waals surface area contributed by atoms with Crippen LogP contribution in [0.25, 0.3) is 11.1 Å². The third kappa shape index (κ3) is 5.97. The highest BCUT2D eigenvalue weighted by molar-refractivity contribution is 8.04. The highest BCUT2D eigenvalue weighted by Gasteiger charge is 2.27. The van der Waals surface area contributed by atoms with Gasteiger partial charge in [-0.3, -0.25) is 9.59 Å². The quantitative estimate of drug-likeness (QED) is 0.367. The van der Waals surface area contributed by atoms with Crippen molar-refractivity contribution in [1.29, 1.82) is 0 Å². The molecule has 1 fully saturated rings. The predicted molar refractivity (Wildman–Crippen MR) is 115 cm³/mol. The van der Waals surface area contributed by atoms with Gasteiger partial charge in [-0.05, 0) is 23.1 Å². The van der Waals surface area contributed by atoms with Crippen molar-refractivity contribution in [2.45, 2.75) is 12.8 Å². The zero-order valence-corrected chi connectivity index (χ0v) is 17.5. The second-order valence-corrected chi connectivity index (χ2v) is 7.65. The van der Waals surface area contributed by atoms with Gasteiger partial charge in [-0.2, -0.15) is 0 Å². The maximum Gasteiger partial charge on any atom is 0.333 e. The fourth-order valence-corrected chi connectivity index (χ4v) is 3.96. The van der Waals surface area contributed by atoms with Gasteiger partial charge in [-0.25, -0.2) is 4.79 Å². The van der Waals surface area contributed by atoms with Gasteiger partial charge < -0.3 is 14.4 Å². The van der Waals surface area contributed by atoms with Crippen LogP contribution < -0.4 is 0 Å². The van der Waals surface area contributed by atoms with Crippen molar-refractivity contribution in [3.05, 3.63) is 71.3 Å². The molecule has 156 valence electrons. The average molecular weight is 426 g/mol. The van der Waals surface area contributed by atoms with E-state index >= 15 is 0 Å². The molecule has 3 rings (SSSR count). The molecule has 1 heterocycles. The smallest absolute Gasteiger partial charge is 0.333 e. The summed E-state index contributed by atoms with van der Waals surface area (Å²) in [7, 11) is 1.29. The lowest BCUT2D eigenvalue weighted by molar-refractivity contribution is -0.143. The van der Waals surface area contributed by atoms with E-state index < -0.39 is 5.97 Å². The topological polar surface area (TPSA) is 72.9 Å². The van der Waals surface area contributed by atoms with E-state index in [2.05, 4.69) is 4.74 Å². The monoisotopic (exact) mass is 425 g/mol. The zero-order valence-electron chi connectivity index (χ0n) is 16.7. The SMILES string of the molecule is COC(=O)/C=C1/SCC(=O)N1CCCOC(=O)Cc1ccc(-c2ccccc2)cc1. The summed E-state index contributed by atoms with van der Waals surface area (Å²) in [5.41, 5.74) is 3.10. The lowest BCUT2D eigenvalue weighted by Crippen LogP contribution is -2.27. The first kappa shape index (κ1) is 21.6. The third-order valence-electron chi connectivity index (χ3n) is 4.55. The first-order valence-corrected chi connectivity index (χ1v) is 10.6. The molecule has 7 heteroatoms. The Morgan fingerprint density at radius 1 is 1.07 bits per heavy atom. The Morgan fingerprint density at radius 2 is 1.77 bits per heavy atom. The molecule has 0 unspecified atom stereocenters. The summed E-state index contributed by atoms with van der Waals surface area (Å²) in [6.45, 7) is 0.592. The summed E-state index contributed by atoms with van der Waals surface area (Å²) in [6.07, 6.45) is 1.99. The molecule has 1 amide bonds. The van der Waals surface area contributed by atoms with Gasteiger partial charge in [-0.1, -0.05) is 66.4 Å². The highest BCUT2D eigenvalue weighted by Crippen LogP contribution is 2.28. The van der Waals surface area contributed by atoms with Gasteiger partial charge in [0.2, 0.25) is 5.91 Å². The number of benzene rings is 2. The van der Waals surface area contributed by atoms with Gasteiger partial charge in [0.05, 0.1) is 37.0 Å². The van der Waals surface area contributed by atoms with Gasteiger partial charge in [0.15, 0.2) is 0 Å². The Morgan fingerprint density at radius 3 is 2.47 bits per heavy atom. The minimum absolute atomic E-state index is 0.0695. The van der Waals surface area contributed by atoms with Crippen LogP contribution in [0.3, 0.4) is 0 Å². The van der Waals surface area contributed by atoms with Crippen LogP contribution >= 0.6 is 11.8 Å². The van der Waals surface area contributed by atoms with Crippen molar-refractivity contribution < 1.29 is 23.9 Å². The number of amides is 1. The van der Waals surface area contributed by atoms with Crippen molar-refractivity contribution in [3.63, 3.8) is 0 Å². The summed E-state index contributed by atoms with van der Waals surface area (Å²) in [4.78, 5) is 37.0. The van der Waals surface area contributed by atoms with E-state index in [9.17, 15) is 14.4 Å². The summed E-state index contributed by atoms with van der Waals surface area (Å²) in [5, 5.41) is 0.566. The molecule has 1 saturated heterocycles. The molecule has 0 N–H and O–H groups in total. The largest absolute Gasteiger partial charge is 0.466 e. The summed E-state index contributed by atoms with van der Waals surface area (Å²) in [5.74, 6) is -0.585. The molecule has 0 bridgehead atoms. The average Bonchev–Trinajstić information content (AvgIpc) is 3.11. The second kappa shape index (κ2) is 10.6. The van der Waals surface area contributed by atoms with Crippen LogP contribution in [0.4, 0.5) is 0 Å². The number of carbonyl (C=O) groups is 3. The molecule has 0 atom stereocenters. The second-order valence-electron chi connectivity index (χ2n) is 6.65. The molecule has 0 saturated carbocycles. The van der Waals surface area contributed by atoms with Gasteiger partial charge >= 0.3 is 11.9 Å². The van der Waals surface area contributed by atoms with E-state index in [-0.39, 0.29) is 24.9 Å². The number of thioether (sulfide) groups is 1. The Balaban J connectivity index is 1.43. The van der Waals surface area contributed by atoms with E-state index in [0.717, 1.165) is 16.7 Å². The van der Waals surface area contributed by atoms with E-state index in [0.29, 0.717) is 23.7 Å². The summed E-state index contributed by atoms with van der Waals surface area (Å²) >= 11 is 1.30. The van der Waals surface area contributed by atoms with Crippen LogP contribution in [0, 0.1) is 0 Å². The van der Waals surface area contributed by atoms with Crippen LogP contribution in [0.5, 0.6) is 0 Å². The van der Waals surface area contributed by atoms with Crippen molar-refractivity contribution in [1.82, 2.24) is 4.90 Å². The summed E-state index contributed by atoms with van der Waals surface area (Å²) < 4.78 is 9.90. The van der Waals surface area contributed by atoms with Crippen molar-refractivity contribution in [2.75, 3.05) is 26.0 Å². The first-order chi connectivity index (χ1) is 14.6. The molecule has 2 aromatic rings. The Labute approximate surface area is 179 Å². The Kier molecular flexibility index (Phi) is 7.68. The predicted octanol–water partition coefficient (Wildman–Crippen LogP) is 3.42. The van der Waals surface area contributed by atoms with E-state index in [1.807, 2.05) is 54.6 Å². The number of hydrogen-bond donors (Lipinski definition) is 0. The van der Waals surface area contributed by atoms with E-state index in [1.54, 1.807) is 0 Å². The van der Waals surface area contributed by atoms with Crippen molar-refractivity contribution >= 4 is 29.6 Å². The normalized spacial score (nSPS) is 14.8. The lowest BCUT2D eigenvalue weighted by atomic mass is 10.0. The lowest BCUT2D eigenvalue weighted by Gasteiger charge is -2.16. The van der Waals surface area contributed by atoms with E-state index in [4.69, 9.17) is 4.74 Å². The zero-order chi connectivity index (χ0) is 21.3. The molecular weight excluding hydrogens is 402 g/mol. The fourth-order valence-electron chi connectivity index (χ4n) is 3.00. The molecule has 2 aromatic carbocycles. The fraction of sp³-hybridized carbons (Fsp3) is 0.261. The molecule has 6 nitrogen and oxygen atoms in total. The highest BCUT2D eigenvalue weighted by atomic mass is 32.2. The van der Waals surface area contributed by atoms with Crippen LogP contribution in [-0.2, 0) is 30.3 Å². The molecule has 1 aliphatic heterocycles. The Bertz CT molecular complexity index is 924. The maximum atomic E-state index is 12.1. The number of esters is 2. The number of hydrogen-bond acceptors (Lipinski definition) is 6. The molecule has 0 spiro atoms. The van der Waals surface area contributed by atoms with Gasteiger partial charge in [-0.15, -0.1) is 0 Å². The molecular formula is C23H23NO5S. The number of nitrogens with zero attached hydrogens (tertiary/aromatic N) is 1. The number of rotatable bonds is 8. The van der Waals surface area contributed by atoms with Crippen LogP contribution in [0.15, 0.2) is 65.7 Å². The number of ether oxygens (including phenoxy) is 2. The van der Waals surface area contributed by atoms with Crippen LogP contribution in [0.2, 0.25) is 0 Å². The molecule has 1 aliphatic rings. The van der Waals surface area contributed by atoms with Crippen LogP contribution in [0.1, 0.15) is 12.0 Å². The molecule has 30 heavy (non-hydrogen) atoms. The first-order valence-electron chi connectivity index (χ1n) is 9.59. The minimum Gasteiger partial charge on any atom is -0.466 e. The summed E-state index contributed by atoms with van der Waals surface area (Å²) in [6, 6.07) is 17.9. The Hall–Kier alpha value is -3.06. The number of carbonyl (C=O) groups excluding carboxylic acids is 3.